The lowest BCUT2D eigenvalue weighted by atomic mass is 9.97. The molecule has 0 aliphatic rings. The lowest BCUT2D eigenvalue weighted by molar-refractivity contribution is 0.634. The number of benzene rings is 1. The molecule has 0 bridgehead atoms. The van der Waals surface area contributed by atoms with E-state index in [9.17, 15) is 0 Å². The Hall–Kier alpha value is -1.15. The van der Waals surface area contributed by atoms with E-state index in [1.54, 1.807) is 11.5 Å². The van der Waals surface area contributed by atoms with Crippen molar-refractivity contribution in [3.05, 3.63) is 42.1 Å². The summed E-state index contributed by atoms with van der Waals surface area (Å²) in [6.45, 7) is 8.17. The summed E-state index contributed by atoms with van der Waals surface area (Å²) in [7, 11) is 0. The first-order valence-corrected chi connectivity index (χ1v) is 6.96. The zero-order valence-corrected chi connectivity index (χ0v) is 11.4. The molecule has 0 amide bonds. The Balaban J connectivity index is 2.20. The Kier molecular flexibility index (Phi) is 3.95. The van der Waals surface area contributed by atoms with E-state index in [0.29, 0.717) is 5.92 Å². The molecule has 1 unspecified atom stereocenters. The summed E-state index contributed by atoms with van der Waals surface area (Å²) in [4.78, 5) is 0. The summed E-state index contributed by atoms with van der Waals surface area (Å²) in [5, 5.41) is 1.34. The predicted molar refractivity (Wildman–Crippen MR) is 76.8 cm³/mol. The van der Waals surface area contributed by atoms with E-state index in [0.717, 1.165) is 6.42 Å². The molecule has 1 nitrogen and oxygen atoms in total. The third-order valence-electron chi connectivity index (χ3n) is 3.17. The van der Waals surface area contributed by atoms with Crippen LogP contribution in [0, 0.1) is 6.92 Å². The quantitative estimate of drug-likeness (QED) is 0.529. The smallest absolute Gasteiger partial charge is 0.0648 e. The molecule has 0 aliphatic heterocycles. The van der Waals surface area contributed by atoms with Crippen LogP contribution < -0.4 is 0 Å². The van der Waals surface area contributed by atoms with Crippen LogP contribution in [0.5, 0.6) is 0 Å². The highest BCUT2D eigenvalue weighted by Gasteiger charge is 2.12. The van der Waals surface area contributed by atoms with E-state index in [4.69, 9.17) is 0 Å². The number of unbranched alkanes of at least 4 members (excludes halogenated alkanes) is 1. The van der Waals surface area contributed by atoms with Gasteiger partial charge in [-0.05, 0) is 49.3 Å². The van der Waals surface area contributed by atoms with Crippen LogP contribution in [-0.4, -0.2) is 4.37 Å². The van der Waals surface area contributed by atoms with Crippen molar-refractivity contribution in [3.63, 3.8) is 0 Å². The summed E-state index contributed by atoms with van der Waals surface area (Å²) < 4.78 is 5.95. The van der Waals surface area contributed by atoms with Crippen LogP contribution in [0.3, 0.4) is 0 Å². The van der Waals surface area contributed by atoms with Crippen LogP contribution in [0.1, 0.15) is 43.4 Å². The first-order chi connectivity index (χ1) is 8.22. The van der Waals surface area contributed by atoms with Crippen molar-refractivity contribution >= 4 is 21.6 Å². The highest BCUT2D eigenvalue weighted by Crippen LogP contribution is 2.31. The molecular weight excluding hydrogens is 226 g/mol. The number of hydrogen-bond donors (Lipinski definition) is 0. The highest BCUT2D eigenvalue weighted by molar-refractivity contribution is 7.13. The molecule has 0 fully saturated rings. The van der Waals surface area contributed by atoms with Crippen molar-refractivity contribution in [1.29, 1.82) is 0 Å². The van der Waals surface area contributed by atoms with Gasteiger partial charge in [0.1, 0.15) is 0 Å². The molecule has 1 heterocycles. The molecule has 1 atom stereocenters. The van der Waals surface area contributed by atoms with Crippen LogP contribution in [0.2, 0.25) is 0 Å². The molecule has 17 heavy (non-hydrogen) atoms. The Morgan fingerprint density at radius 1 is 1.47 bits per heavy atom. The Bertz CT molecular complexity index is 513. The molecule has 2 rings (SSSR count). The molecule has 1 aromatic heterocycles. The third-order valence-corrected chi connectivity index (χ3v) is 3.99. The molecule has 90 valence electrons. The van der Waals surface area contributed by atoms with E-state index in [2.05, 4.69) is 43.0 Å². The maximum absolute atomic E-state index is 4.63. The largest absolute Gasteiger partial charge is 0.196 e. The minimum Gasteiger partial charge on any atom is -0.196 e. The van der Waals surface area contributed by atoms with Gasteiger partial charge in [-0.15, -0.1) is 6.58 Å². The van der Waals surface area contributed by atoms with Crippen LogP contribution in [0.25, 0.3) is 10.1 Å². The minimum atomic E-state index is 0.548. The van der Waals surface area contributed by atoms with Crippen LogP contribution in [0.4, 0.5) is 0 Å². The van der Waals surface area contributed by atoms with Gasteiger partial charge in [-0.3, -0.25) is 0 Å². The van der Waals surface area contributed by atoms with Crippen LogP contribution in [0.15, 0.2) is 30.9 Å². The third kappa shape index (κ3) is 2.75. The Morgan fingerprint density at radius 2 is 2.29 bits per heavy atom. The van der Waals surface area contributed by atoms with Crippen molar-refractivity contribution in [1.82, 2.24) is 4.37 Å². The number of rotatable bonds is 5. The topological polar surface area (TPSA) is 12.9 Å². The summed E-state index contributed by atoms with van der Waals surface area (Å²) >= 11 is 1.63. The maximum atomic E-state index is 4.63. The zero-order chi connectivity index (χ0) is 12.3. The molecule has 2 aromatic rings. The molecular formula is C15H19NS. The summed E-state index contributed by atoms with van der Waals surface area (Å²) in [5.74, 6) is 0.548. The van der Waals surface area contributed by atoms with Gasteiger partial charge in [-0.2, -0.15) is 4.37 Å². The first kappa shape index (κ1) is 12.3. The molecule has 0 spiro atoms. The number of aromatic nitrogens is 1. The summed E-state index contributed by atoms with van der Waals surface area (Å²) in [5.41, 5.74) is 2.58. The maximum Gasteiger partial charge on any atom is 0.0648 e. The van der Waals surface area contributed by atoms with E-state index >= 15 is 0 Å². The fraction of sp³-hybridized carbons (Fsp3) is 0.400. The minimum absolute atomic E-state index is 0.548. The predicted octanol–water partition coefficient (Wildman–Crippen LogP) is 5.06. The lowest BCUT2D eigenvalue weighted by Crippen LogP contribution is -1.94. The number of nitrogens with zero attached hydrogens (tertiary/aromatic N) is 1. The molecule has 2 heteroatoms. The van der Waals surface area contributed by atoms with Gasteiger partial charge < -0.3 is 0 Å². The summed E-state index contributed by atoms with van der Waals surface area (Å²) in [6.07, 6.45) is 5.50. The van der Waals surface area contributed by atoms with Crippen LogP contribution >= 0.6 is 11.5 Å². The van der Waals surface area contributed by atoms with Crippen molar-refractivity contribution in [3.8, 4) is 0 Å². The lowest BCUT2D eigenvalue weighted by Gasteiger charge is -2.08. The standard InChI is InChI=1S/C15H19NS/c1-4-5-6-7-12(3)15-13-9-8-11(2)10-14(13)17-16-15/h4,8-10,12H,1,5-7H2,2-3H3. The van der Waals surface area contributed by atoms with Crippen molar-refractivity contribution in [2.75, 3.05) is 0 Å². The van der Waals surface area contributed by atoms with Crippen molar-refractivity contribution in [2.24, 2.45) is 0 Å². The normalized spacial score (nSPS) is 12.8. The van der Waals surface area contributed by atoms with Gasteiger partial charge >= 0.3 is 0 Å². The van der Waals surface area contributed by atoms with Gasteiger partial charge in [0.15, 0.2) is 0 Å². The fourth-order valence-corrected chi connectivity index (χ4v) is 3.11. The van der Waals surface area contributed by atoms with Crippen LogP contribution in [-0.2, 0) is 0 Å². The van der Waals surface area contributed by atoms with Gasteiger partial charge in [0, 0.05) is 11.3 Å². The molecule has 0 radical (unpaired) electrons. The van der Waals surface area contributed by atoms with Crippen molar-refractivity contribution in [2.45, 2.75) is 39.0 Å². The van der Waals surface area contributed by atoms with E-state index in [1.807, 2.05) is 6.08 Å². The molecule has 1 aromatic carbocycles. The monoisotopic (exact) mass is 245 g/mol. The molecule has 0 aliphatic carbocycles. The number of hydrogen-bond acceptors (Lipinski definition) is 2. The van der Waals surface area contributed by atoms with Gasteiger partial charge in [0.05, 0.1) is 10.4 Å². The Morgan fingerprint density at radius 3 is 3.06 bits per heavy atom. The Labute approximate surface area is 107 Å². The SMILES string of the molecule is C=CCCCC(C)c1nsc2cc(C)ccc12. The molecule has 0 N–H and O–H groups in total. The van der Waals surface area contributed by atoms with E-state index in [1.165, 1.54) is 34.2 Å². The summed E-state index contributed by atoms with van der Waals surface area (Å²) in [6, 6.07) is 6.62. The fourth-order valence-electron chi connectivity index (χ4n) is 2.12. The first-order valence-electron chi connectivity index (χ1n) is 6.19. The van der Waals surface area contributed by atoms with Crippen molar-refractivity contribution < 1.29 is 0 Å². The number of aryl methyl sites for hydroxylation is 1. The van der Waals surface area contributed by atoms with Gasteiger partial charge in [0.25, 0.3) is 0 Å². The average Bonchev–Trinajstić information content (AvgIpc) is 2.72. The van der Waals surface area contributed by atoms with Gasteiger partial charge in [-0.1, -0.05) is 25.1 Å². The van der Waals surface area contributed by atoms with E-state index < -0.39 is 0 Å². The molecule has 0 saturated heterocycles. The average molecular weight is 245 g/mol. The van der Waals surface area contributed by atoms with Gasteiger partial charge in [-0.25, -0.2) is 0 Å². The number of allylic oxidation sites excluding steroid dienone is 1. The van der Waals surface area contributed by atoms with E-state index in [-0.39, 0.29) is 0 Å². The highest BCUT2D eigenvalue weighted by atomic mass is 32.1. The molecule has 0 saturated carbocycles. The zero-order valence-electron chi connectivity index (χ0n) is 10.6. The van der Waals surface area contributed by atoms with Gasteiger partial charge in [0.2, 0.25) is 0 Å². The number of fused-ring (bicyclic) bond motifs is 1. The second-order valence-electron chi connectivity index (χ2n) is 4.69. The second kappa shape index (κ2) is 5.46. The second-order valence-corrected chi connectivity index (χ2v) is 5.49.